The highest BCUT2D eigenvalue weighted by molar-refractivity contribution is 5.78. The number of ether oxygens (including phenoxy) is 2. The Labute approximate surface area is 129 Å². The van der Waals surface area contributed by atoms with Crippen molar-refractivity contribution in [3.05, 3.63) is 29.8 Å². The highest BCUT2D eigenvalue weighted by Gasteiger charge is 2.24. The smallest absolute Gasteiger partial charge is 0.341 e. The molecule has 1 aromatic rings. The number of amides is 1. The van der Waals surface area contributed by atoms with Gasteiger partial charge < -0.3 is 19.5 Å². The van der Waals surface area contributed by atoms with Crippen LogP contribution in [0.3, 0.4) is 0 Å². The molecule has 1 aliphatic heterocycles. The van der Waals surface area contributed by atoms with Gasteiger partial charge >= 0.3 is 5.97 Å². The van der Waals surface area contributed by atoms with Gasteiger partial charge in [-0.3, -0.25) is 4.79 Å². The molecular weight excluding hydrogens is 286 g/mol. The molecule has 0 radical (unpaired) electrons. The number of nitrogens with zero attached hydrogens (tertiary/aromatic N) is 1. The molecule has 2 rings (SSSR count). The lowest BCUT2D eigenvalue weighted by Gasteiger charge is -2.26. The lowest BCUT2D eigenvalue weighted by molar-refractivity contribution is -0.140. The van der Waals surface area contributed by atoms with Crippen LogP contribution in [0.15, 0.2) is 24.3 Å². The van der Waals surface area contributed by atoms with Gasteiger partial charge in [-0.15, -0.1) is 0 Å². The van der Waals surface area contributed by atoms with Gasteiger partial charge in [0.05, 0.1) is 12.5 Å². The Morgan fingerprint density at radius 2 is 2.09 bits per heavy atom. The first kappa shape index (κ1) is 16.3. The molecule has 0 aromatic heterocycles. The van der Waals surface area contributed by atoms with Gasteiger partial charge in [-0.1, -0.05) is 12.1 Å². The molecule has 0 saturated carbocycles. The van der Waals surface area contributed by atoms with E-state index in [0.717, 1.165) is 25.0 Å². The summed E-state index contributed by atoms with van der Waals surface area (Å²) in [4.78, 5) is 24.4. The Morgan fingerprint density at radius 1 is 1.36 bits per heavy atom. The van der Waals surface area contributed by atoms with Crippen LogP contribution in [0, 0.1) is 5.92 Å². The zero-order chi connectivity index (χ0) is 15.9. The monoisotopic (exact) mass is 307 g/mol. The molecule has 0 aliphatic carbocycles. The van der Waals surface area contributed by atoms with Crippen molar-refractivity contribution >= 4 is 11.9 Å². The number of carboxylic acids is 1. The summed E-state index contributed by atoms with van der Waals surface area (Å²) in [6.45, 7) is 1.39. The first-order valence-corrected chi connectivity index (χ1v) is 7.32. The summed E-state index contributed by atoms with van der Waals surface area (Å²) in [6, 6.07) is 7.08. The van der Waals surface area contributed by atoms with E-state index >= 15 is 0 Å². The number of rotatable bonds is 6. The second kappa shape index (κ2) is 7.79. The molecular formula is C16H21NO5. The van der Waals surface area contributed by atoms with Crippen LogP contribution in [-0.2, 0) is 20.9 Å². The minimum absolute atomic E-state index is 0.0445. The second-order valence-electron chi connectivity index (χ2n) is 5.43. The standard InChI is InChI=1S/C16H21NO5/c1-17(16(20)13-3-2-8-21-10-13)9-12-4-6-14(7-5-12)22-11-15(18)19/h4-7,13H,2-3,8-11H2,1H3,(H,18,19). The minimum atomic E-state index is -1.01. The molecule has 6 heteroatoms. The van der Waals surface area contributed by atoms with E-state index in [1.54, 1.807) is 24.1 Å². The number of carboxylic acid groups (broad SMARTS) is 1. The van der Waals surface area contributed by atoms with Crippen molar-refractivity contribution in [2.75, 3.05) is 26.9 Å². The maximum absolute atomic E-state index is 12.3. The molecule has 1 saturated heterocycles. The Morgan fingerprint density at radius 3 is 2.68 bits per heavy atom. The molecule has 0 spiro atoms. The molecule has 1 aromatic carbocycles. The Balaban J connectivity index is 1.86. The van der Waals surface area contributed by atoms with Crippen molar-refractivity contribution in [3.8, 4) is 5.75 Å². The van der Waals surface area contributed by atoms with Crippen LogP contribution in [0.25, 0.3) is 0 Å². The lowest BCUT2D eigenvalue weighted by Crippen LogP contribution is -2.36. The summed E-state index contributed by atoms with van der Waals surface area (Å²) in [5.74, 6) is -0.451. The van der Waals surface area contributed by atoms with Crippen molar-refractivity contribution in [2.45, 2.75) is 19.4 Å². The number of aliphatic carboxylic acids is 1. The van der Waals surface area contributed by atoms with Gasteiger partial charge in [-0.05, 0) is 30.5 Å². The first-order chi connectivity index (χ1) is 10.6. The van der Waals surface area contributed by atoms with Crippen LogP contribution in [0.5, 0.6) is 5.75 Å². The van der Waals surface area contributed by atoms with Gasteiger partial charge in [0, 0.05) is 20.2 Å². The third kappa shape index (κ3) is 4.73. The SMILES string of the molecule is CN(Cc1ccc(OCC(=O)O)cc1)C(=O)C1CCCOC1. The predicted octanol–water partition coefficient (Wildman–Crippen LogP) is 1.54. The Hall–Kier alpha value is -2.08. The van der Waals surface area contributed by atoms with Gasteiger partial charge in [0.2, 0.25) is 5.91 Å². The van der Waals surface area contributed by atoms with Crippen LogP contribution < -0.4 is 4.74 Å². The number of benzene rings is 1. The number of carbonyl (C=O) groups excluding carboxylic acids is 1. The largest absolute Gasteiger partial charge is 0.482 e. The quantitative estimate of drug-likeness (QED) is 0.862. The van der Waals surface area contributed by atoms with Gasteiger partial charge in [0.1, 0.15) is 5.75 Å². The Kier molecular flexibility index (Phi) is 5.77. The molecule has 1 heterocycles. The summed E-state index contributed by atoms with van der Waals surface area (Å²) in [5, 5.41) is 8.55. The van der Waals surface area contributed by atoms with E-state index in [4.69, 9.17) is 14.6 Å². The number of carbonyl (C=O) groups is 2. The number of hydrogen-bond donors (Lipinski definition) is 1. The zero-order valence-electron chi connectivity index (χ0n) is 12.7. The molecule has 0 bridgehead atoms. The highest BCUT2D eigenvalue weighted by atomic mass is 16.5. The van der Waals surface area contributed by atoms with Crippen LogP contribution in [0.4, 0.5) is 0 Å². The van der Waals surface area contributed by atoms with E-state index in [0.29, 0.717) is 18.9 Å². The highest BCUT2D eigenvalue weighted by Crippen LogP contribution is 2.18. The minimum Gasteiger partial charge on any atom is -0.482 e. The van der Waals surface area contributed by atoms with Crippen molar-refractivity contribution in [1.29, 1.82) is 0 Å². The topological polar surface area (TPSA) is 76.1 Å². The molecule has 6 nitrogen and oxygen atoms in total. The van der Waals surface area contributed by atoms with E-state index in [1.807, 2.05) is 12.1 Å². The maximum Gasteiger partial charge on any atom is 0.341 e. The van der Waals surface area contributed by atoms with Crippen molar-refractivity contribution in [3.63, 3.8) is 0 Å². The van der Waals surface area contributed by atoms with Crippen molar-refractivity contribution in [1.82, 2.24) is 4.90 Å². The summed E-state index contributed by atoms with van der Waals surface area (Å²) in [7, 11) is 1.78. The average Bonchev–Trinajstić information content (AvgIpc) is 2.54. The molecule has 1 fully saturated rings. The molecule has 1 aliphatic rings. The van der Waals surface area contributed by atoms with E-state index in [9.17, 15) is 9.59 Å². The third-order valence-corrected chi connectivity index (χ3v) is 3.59. The van der Waals surface area contributed by atoms with E-state index in [1.165, 1.54) is 0 Å². The first-order valence-electron chi connectivity index (χ1n) is 7.32. The lowest BCUT2D eigenvalue weighted by atomic mass is 10.0. The van der Waals surface area contributed by atoms with E-state index in [2.05, 4.69) is 0 Å². The number of hydrogen-bond acceptors (Lipinski definition) is 4. The van der Waals surface area contributed by atoms with E-state index in [-0.39, 0.29) is 18.4 Å². The predicted molar refractivity (Wildman–Crippen MR) is 79.6 cm³/mol. The van der Waals surface area contributed by atoms with Gasteiger partial charge in [0.25, 0.3) is 0 Å². The summed E-state index contributed by atoms with van der Waals surface area (Å²) in [5.41, 5.74) is 0.968. The van der Waals surface area contributed by atoms with Gasteiger partial charge in [-0.25, -0.2) is 4.79 Å². The summed E-state index contributed by atoms with van der Waals surface area (Å²) < 4.78 is 10.4. The molecule has 1 unspecified atom stereocenters. The summed E-state index contributed by atoms with van der Waals surface area (Å²) >= 11 is 0. The maximum atomic E-state index is 12.3. The van der Waals surface area contributed by atoms with Crippen LogP contribution in [0.1, 0.15) is 18.4 Å². The van der Waals surface area contributed by atoms with Crippen LogP contribution >= 0.6 is 0 Å². The Bertz CT molecular complexity index is 508. The second-order valence-corrected chi connectivity index (χ2v) is 5.43. The third-order valence-electron chi connectivity index (χ3n) is 3.59. The fourth-order valence-corrected chi connectivity index (χ4v) is 2.44. The zero-order valence-corrected chi connectivity index (χ0v) is 12.7. The fourth-order valence-electron chi connectivity index (χ4n) is 2.44. The van der Waals surface area contributed by atoms with Crippen LogP contribution in [-0.4, -0.2) is 48.8 Å². The van der Waals surface area contributed by atoms with Gasteiger partial charge in [-0.2, -0.15) is 0 Å². The van der Waals surface area contributed by atoms with E-state index < -0.39 is 5.97 Å². The average molecular weight is 307 g/mol. The summed E-state index contributed by atoms with van der Waals surface area (Å²) in [6.07, 6.45) is 1.81. The molecule has 120 valence electrons. The molecule has 1 atom stereocenters. The van der Waals surface area contributed by atoms with Crippen molar-refractivity contribution < 1.29 is 24.2 Å². The fraction of sp³-hybridized carbons (Fsp3) is 0.500. The molecule has 22 heavy (non-hydrogen) atoms. The normalized spacial score (nSPS) is 17.8. The van der Waals surface area contributed by atoms with Gasteiger partial charge in [0.15, 0.2) is 6.61 Å². The van der Waals surface area contributed by atoms with Crippen LogP contribution in [0.2, 0.25) is 0 Å². The molecule has 1 N–H and O–H groups in total. The van der Waals surface area contributed by atoms with Crippen molar-refractivity contribution in [2.24, 2.45) is 5.92 Å². The molecule has 1 amide bonds.